The fourth-order valence-corrected chi connectivity index (χ4v) is 3.90. The molecule has 6 nitrogen and oxygen atoms in total. The highest BCUT2D eigenvalue weighted by molar-refractivity contribution is 6.33. The van der Waals surface area contributed by atoms with Gasteiger partial charge in [0.2, 0.25) is 5.89 Å². The maximum atomic E-state index is 13.1. The standard InChI is InChI=1S/C24H15Cl2F3N2O4/c1-13-11-17(22(32)34-16-5-3-2-4-6-16)20(18(12-25)19(13)26)31-23(33)35-21(30-31)14-7-9-15(10-8-14)24(27,28)29/h2-11H,12H2,1H3. The lowest BCUT2D eigenvalue weighted by Gasteiger charge is -2.15. The Morgan fingerprint density at radius 1 is 1.11 bits per heavy atom. The van der Waals surface area contributed by atoms with Crippen molar-refractivity contribution in [1.29, 1.82) is 0 Å². The van der Waals surface area contributed by atoms with Gasteiger partial charge >= 0.3 is 17.9 Å². The molecule has 180 valence electrons. The number of alkyl halides is 4. The third-order valence-electron chi connectivity index (χ3n) is 5.04. The van der Waals surface area contributed by atoms with Crippen molar-refractivity contribution in [1.82, 2.24) is 9.78 Å². The second-order valence-electron chi connectivity index (χ2n) is 7.38. The first kappa shape index (κ1) is 24.6. The zero-order chi connectivity index (χ0) is 25.3. The molecule has 0 bridgehead atoms. The summed E-state index contributed by atoms with van der Waals surface area (Å²) in [6, 6.07) is 13.6. The zero-order valence-electron chi connectivity index (χ0n) is 17.9. The smallest absolute Gasteiger partial charge is 0.423 e. The molecule has 0 saturated carbocycles. The Kier molecular flexibility index (Phi) is 6.73. The molecule has 0 unspecified atom stereocenters. The molecule has 0 N–H and O–H groups in total. The molecule has 0 radical (unpaired) electrons. The SMILES string of the molecule is Cc1cc(C(=O)Oc2ccccc2)c(-n2nc(-c3ccc(C(F)(F)F)cc3)oc2=O)c(CCl)c1Cl. The molecule has 3 aromatic carbocycles. The van der Waals surface area contributed by atoms with Gasteiger partial charge < -0.3 is 9.15 Å². The van der Waals surface area contributed by atoms with Crippen LogP contribution in [0.5, 0.6) is 5.75 Å². The number of halogens is 5. The number of hydrogen-bond acceptors (Lipinski definition) is 5. The topological polar surface area (TPSA) is 74.3 Å². The molecular weight excluding hydrogens is 508 g/mol. The lowest BCUT2D eigenvalue weighted by atomic mass is 10.0. The molecule has 0 spiro atoms. The van der Waals surface area contributed by atoms with E-state index in [1.807, 2.05) is 0 Å². The second kappa shape index (κ2) is 9.59. The average Bonchev–Trinajstić information content (AvgIpc) is 3.21. The summed E-state index contributed by atoms with van der Waals surface area (Å²) in [6.07, 6.45) is -4.53. The van der Waals surface area contributed by atoms with E-state index in [1.54, 1.807) is 37.3 Å². The van der Waals surface area contributed by atoms with E-state index in [0.29, 0.717) is 5.56 Å². The molecular formula is C24H15Cl2F3N2O4. The summed E-state index contributed by atoms with van der Waals surface area (Å²) < 4.78 is 50.0. The van der Waals surface area contributed by atoms with Gasteiger partial charge in [0.15, 0.2) is 0 Å². The lowest BCUT2D eigenvalue weighted by Crippen LogP contribution is -2.21. The van der Waals surface area contributed by atoms with Gasteiger partial charge in [0.25, 0.3) is 0 Å². The Hall–Kier alpha value is -3.56. The molecule has 11 heteroatoms. The van der Waals surface area contributed by atoms with Crippen LogP contribution in [-0.2, 0) is 12.1 Å². The molecule has 1 aromatic heterocycles. The van der Waals surface area contributed by atoms with Crippen LogP contribution in [0.15, 0.2) is 69.9 Å². The van der Waals surface area contributed by atoms with Gasteiger partial charge in [0.05, 0.1) is 27.7 Å². The number of carbonyl (C=O) groups is 1. The third kappa shape index (κ3) is 4.96. The van der Waals surface area contributed by atoms with E-state index < -0.39 is 23.5 Å². The number of ether oxygens (including phenoxy) is 1. The molecule has 0 amide bonds. The zero-order valence-corrected chi connectivity index (χ0v) is 19.4. The van der Waals surface area contributed by atoms with Gasteiger partial charge in [-0.3, -0.25) is 0 Å². The quantitative estimate of drug-likeness (QED) is 0.171. The molecule has 4 rings (SSSR count). The number of nitrogens with zero attached hydrogens (tertiary/aromatic N) is 2. The number of aryl methyl sites for hydroxylation is 1. The summed E-state index contributed by atoms with van der Waals surface area (Å²) in [5, 5.41) is 4.31. The van der Waals surface area contributed by atoms with Crippen molar-refractivity contribution < 1.29 is 27.1 Å². The lowest BCUT2D eigenvalue weighted by molar-refractivity contribution is -0.137. The largest absolute Gasteiger partial charge is 0.442 e. The first-order valence-corrected chi connectivity index (χ1v) is 10.9. The maximum absolute atomic E-state index is 13.1. The predicted molar refractivity (Wildman–Crippen MR) is 123 cm³/mol. The third-order valence-corrected chi connectivity index (χ3v) is 5.83. The van der Waals surface area contributed by atoms with Crippen molar-refractivity contribution >= 4 is 29.2 Å². The summed E-state index contributed by atoms with van der Waals surface area (Å²) in [7, 11) is 0. The Morgan fingerprint density at radius 3 is 2.37 bits per heavy atom. The van der Waals surface area contributed by atoms with E-state index in [4.69, 9.17) is 32.4 Å². The minimum Gasteiger partial charge on any atom is -0.423 e. The van der Waals surface area contributed by atoms with Gasteiger partial charge in [0.1, 0.15) is 5.75 Å². The summed E-state index contributed by atoms with van der Waals surface area (Å²) in [5.41, 5.74) is -0.130. The van der Waals surface area contributed by atoms with Crippen LogP contribution in [0.1, 0.15) is 27.0 Å². The van der Waals surface area contributed by atoms with Crippen molar-refractivity contribution in [3.05, 3.63) is 98.5 Å². The molecule has 0 atom stereocenters. The van der Waals surface area contributed by atoms with Crippen molar-refractivity contribution in [3.8, 4) is 22.9 Å². The summed E-state index contributed by atoms with van der Waals surface area (Å²) in [5.74, 6) is -1.98. The molecule has 4 aromatic rings. The average molecular weight is 523 g/mol. The Morgan fingerprint density at radius 2 is 1.77 bits per heavy atom. The minimum atomic E-state index is -4.53. The number of hydrogen-bond donors (Lipinski definition) is 0. The maximum Gasteiger partial charge on any atom is 0.442 e. The van der Waals surface area contributed by atoms with Crippen LogP contribution in [0, 0.1) is 6.92 Å². The summed E-state index contributed by atoms with van der Waals surface area (Å²) in [6.45, 7) is 1.65. The van der Waals surface area contributed by atoms with Crippen LogP contribution in [0.3, 0.4) is 0 Å². The second-order valence-corrected chi connectivity index (χ2v) is 8.02. The number of esters is 1. The molecule has 0 aliphatic heterocycles. The van der Waals surface area contributed by atoms with Gasteiger partial charge in [0, 0.05) is 11.1 Å². The van der Waals surface area contributed by atoms with Crippen LogP contribution < -0.4 is 10.5 Å². The number of para-hydroxylation sites is 1. The predicted octanol–water partition coefficient (Wildman–Crippen LogP) is 6.43. The monoisotopic (exact) mass is 522 g/mol. The molecule has 1 heterocycles. The van der Waals surface area contributed by atoms with E-state index in [9.17, 15) is 22.8 Å². The Bertz CT molecular complexity index is 1450. The van der Waals surface area contributed by atoms with Crippen LogP contribution in [0.4, 0.5) is 13.2 Å². The minimum absolute atomic E-state index is 0.0524. The molecule has 0 saturated heterocycles. The van der Waals surface area contributed by atoms with E-state index >= 15 is 0 Å². The van der Waals surface area contributed by atoms with Gasteiger partial charge in [-0.2, -0.15) is 17.9 Å². The van der Waals surface area contributed by atoms with Gasteiger partial charge in [-0.1, -0.05) is 29.8 Å². The van der Waals surface area contributed by atoms with Crippen molar-refractivity contribution in [3.63, 3.8) is 0 Å². The number of aromatic nitrogens is 2. The van der Waals surface area contributed by atoms with Crippen LogP contribution >= 0.6 is 23.2 Å². The molecule has 0 fully saturated rings. The van der Waals surface area contributed by atoms with E-state index in [-0.39, 0.29) is 44.9 Å². The van der Waals surface area contributed by atoms with Crippen molar-refractivity contribution in [2.45, 2.75) is 19.0 Å². The molecule has 0 aliphatic rings. The van der Waals surface area contributed by atoms with Gasteiger partial charge in [-0.15, -0.1) is 16.7 Å². The number of carbonyl (C=O) groups excluding carboxylic acids is 1. The highest BCUT2D eigenvalue weighted by atomic mass is 35.5. The summed E-state index contributed by atoms with van der Waals surface area (Å²) in [4.78, 5) is 25.8. The normalized spacial score (nSPS) is 11.5. The van der Waals surface area contributed by atoms with Gasteiger partial charge in [-0.25, -0.2) is 9.59 Å². The van der Waals surface area contributed by atoms with Gasteiger partial charge in [-0.05, 0) is 55.0 Å². The van der Waals surface area contributed by atoms with E-state index in [1.165, 1.54) is 6.07 Å². The Labute approximate surface area is 206 Å². The van der Waals surface area contributed by atoms with E-state index in [0.717, 1.165) is 28.9 Å². The van der Waals surface area contributed by atoms with Crippen molar-refractivity contribution in [2.24, 2.45) is 0 Å². The van der Waals surface area contributed by atoms with Crippen LogP contribution in [0.2, 0.25) is 5.02 Å². The number of rotatable bonds is 5. The van der Waals surface area contributed by atoms with E-state index in [2.05, 4.69) is 5.10 Å². The first-order chi connectivity index (χ1) is 16.6. The highest BCUT2D eigenvalue weighted by Gasteiger charge is 2.30. The highest BCUT2D eigenvalue weighted by Crippen LogP contribution is 2.33. The fraction of sp³-hybridized carbons (Fsp3) is 0.125. The summed E-state index contributed by atoms with van der Waals surface area (Å²) >= 11 is 12.5. The first-order valence-electron chi connectivity index (χ1n) is 10.0. The van der Waals surface area contributed by atoms with Crippen LogP contribution in [0.25, 0.3) is 17.1 Å². The van der Waals surface area contributed by atoms with Crippen molar-refractivity contribution in [2.75, 3.05) is 0 Å². The molecule has 0 aliphatic carbocycles. The number of benzene rings is 3. The van der Waals surface area contributed by atoms with Crippen LogP contribution in [-0.4, -0.2) is 15.7 Å². The molecule has 35 heavy (non-hydrogen) atoms. The fourth-order valence-electron chi connectivity index (χ4n) is 3.36. The Balaban J connectivity index is 1.83.